The van der Waals surface area contributed by atoms with Gasteiger partial charge in [-0.1, -0.05) is 17.7 Å². The summed E-state index contributed by atoms with van der Waals surface area (Å²) in [6.07, 6.45) is 0. The molecule has 9 nitrogen and oxygen atoms in total. The third kappa shape index (κ3) is 6.30. The fraction of sp³-hybridized carbons (Fsp3) is 0.167. The molecule has 0 aliphatic heterocycles. The van der Waals surface area contributed by atoms with Crippen LogP contribution < -0.4 is 20.7 Å². The standard InChI is InChI=1S/C18H19N5O4S/c1-13-2-8-16(9-3-13)28(26,27)23-15-6-4-14(5-7-15)22-18(25)21-12-17(24)20-11-10-19/h2-9,23H,11-12H2,1H3,(H,20,24)(H2,21,22,25). The summed E-state index contributed by atoms with van der Waals surface area (Å²) in [6, 6.07) is 13.6. The van der Waals surface area contributed by atoms with Crippen molar-refractivity contribution in [1.82, 2.24) is 10.6 Å². The average Bonchev–Trinajstić information content (AvgIpc) is 2.66. The maximum atomic E-state index is 12.4. The highest BCUT2D eigenvalue weighted by Gasteiger charge is 2.14. The molecule has 2 rings (SSSR count). The summed E-state index contributed by atoms with van der Waals surface area (Å²) in [5.74, 6) is -0.488. The Bertz CT molecular complexity index is 980. The number of hydrogen-bond donors (Lipinski definition) is 4. The second-order valence-corrected chi connectivity index (χ2v) is 7.42. The zero-order valence-corrected chi connectivity index (χ0v) is 15.8. The molecule has 0 aliphatic rings. The Morgan fingerprint density at radius 1 is 0.964 bits per heavy atom. The van der Waals surface area contributed by atoms with Crippen LogP contribution in [0.3, 0.4) is 0 Å². The van der Waals surface area contributed by atoms with Crippen molar-refractivity contribution in [2.45, 2.75) is 11.8 Å². The molecule has 0 aromatic heterocycles. The minimum atomic E-state index is -3.71. The van der Waals surface area contributed by atoms with Gasteiger partial charge < -0.3 is 16.0 Å². The number of urea groups is 1. The van der Waals surface area contributed by atoms with Gasteiger partial charge in [-0.25, -0.2) is 13.2 Å². The smallest absolute Gasteiger partial charge is 0.319 e. The molecule has 3 amide bonds. The topological polar surface area (TPSA) is 140 Å². The van der Waals surface area contributed by atoms with Gasteiger partial charge in [0.1, 0.15) is 6.54 Å². The van der Waals surface area contributed by atoms with Crippen LogP contribution in [-0.2, 0) is 14.8 Å². The molecule has 0 saturated carbocycles. The first kappa shape index (κ1) is 20.7. The van der Waals surface area contributed by atoms with Crippen molar-refractivity contribution >= 4 is 33.3 Å². The first-order valence-electron chi connectivity index (χ1n) is 8.18. The maximum absolute atomic E-state index is 12.4. The molecule has 0 unspecified atom stereocenters. The molecule has 0 bridgehead atoms. The molecule has 0 radical (unpaired) electrons. The highest BCUT2D eigenvalue weighted by molar-refractivity contribution is 7.92. The molecular formula is C18H19N5O4S. The van der Waals surface area contributed by atoms with E-state index in [1.54, 1.807) is 18.2 Å². The molecular weight excluding hydrogens is 382 g/mol. The molecule has 0 aliphatic carbocycles. The van der Waals surface area contributed by atoms with Crippen LogP contribution in [0.1, 0.15) is 5.56 Å². The fourth-order valence-corrected chi connectivity index (χ4v) is 3.15. The molecule has 0 saturated heterocycles. The Morgan fingerprint density at radius 2 is 1.57 bits per heavy atom. The van der Waals surface area contributed by atoms with Gasteiger partial charge in [0, 0.05) is 11.4 Å². The number of aryl methyl sites for hydroxylation is 1. The fourth-order valence-electron chi connectivity index (χ4n) is 2.09. The van der Waals surface area contributed by atoms with Gasteiger partial charge in [0.2, 0.25) is 5.91 Å². The highest BCUT2D eigenvalue weighted by atomic mass is 32.2. The SMILES string of the molecule is Cc1ccc(S(=O)(=O)Nc2ccc(NC(=O)NCC(=O)NCC#N)cc2)cc1. The van der Waals surface area contributed by atoms with Crippen LogP contribution in [0.2, 0.25) is 0 Å². The van der Waals surface area contributed by atoms with Gasteiger partial charge in [0.05, 0.1) is 17.5 Å². The van der Waals surface area contributed by atoms with Crippen molar-refractivity contribution in [1.29, 1.82) is 5.26 Å². The van der Waals surface area contributed by atoms with Crippen molar-refractivity contribution in [3.05, 3.63) is 54.1 Å². The molecule has 0 heterocycles. The van der Waals surface area contributed by atoms with Crippen molar-refractivity contribution in [3.8, 4) is 6.07 Å². The largest absolute Gasteiger partial charge is 0.341 e. The highest BCUT2D eigenvalue weighted by Crippen LogP contribution is 2.18. The zero-order valence-electron chi connectivity index (χ0n) is 15.0. The third-order valence-electron chi connectivity index (χ3n) is 3.50. The molecule has 0 fully saturated rings. The predicted octanol–water partition coefficient (Wildman–Crippen LogP) is 1.56. The number of hydrogen-bond acceptors (Lipinski definition) is 5. The van der Waals surface area contributed by atoms with Gasteiger partial charge in [-0.3, -0.25) is 9.52 Å². The Kier molecular flexibility index (Phi) is 6.95. The number of nitrogens with zero attached hydrogens (tertiary/aromatic N) is 1. The lowest BCUT2D eigenvalue weighted by atomic mass is 10.2. The van der Waals surface area contributed by atoms with Crippen LogP contribution in [0, 0.1) is 18.3 Å². The van der Waals surface area contributed by atoms with E-state index in [-0.39, 0.29) is 18.0 Å². The molecule has 0 spiro atoms. The summed E-state index contributed by atoms with van der Waals surface area (Å²) in [6.45, 7) is 1.45. The van der Waals surface area contributed by atoms with Gasteiger partial charge in [-0.2, -0.15) is 5.26 Å². The number of anilines is 2. The molecule has 2 aromatic carbocycles. The summed E-state index contributed by atoms with van der Waals surface area (Å²) in [5.41, 5.74) is 1.70. The molecule has 146 valence electrons. The van der Waals surface area contributed by atoms with E-state index < -0.39 is 22.0 Å². The summed E-state index contributed by atoms with van der Waals surface area (Å²) in [7, 11) is -3.71. The Morgan fingerprint density at radius 3 is 2.18 bits per heavy atom. The minimum absolute atomic E-state index is 0.137. The number of rotatable bonds is 7. The van der Waals surface area contributed by atoms with E-state index in [0.29, 0.717) is 11.4 Å². The van der Waals surface area contributed by atoms with Gasteiger partial charge in [0.25, 0.3) is 10.0 Å². The molecule has 28 heavy (non-hydrogen) atoms. The van der Waals surface area contributed by atoms with Crippen LogP contribution in [0.25, 0.3) is 0 Å². The number of nitrogens with one attached hydrogen (secondary N) is 4. The van der Waals surface area contributed by atoms with Crippen molar-refractivity contribution in [2.75, 3.05) is 23.1 Å². The first-order valence-corrected chi connectivity index (χ1v) is 9.66. The van der Waals surface area contributed by atoms with Gasteiger partial charge in [-0.15, -0.1) is 0 Å². The second kappa shape index (κ2) is 9.38. The van der Waals surface area contributed by atoms with E-state index >= 15 is 0 Å². The van der Waals surface area contributed by atoms with Gasteiger partial charge >= 0.3 is 6.03 Å². The maximum Gasteiger partial charge on any atom is 0.319 e. The number of nitriles is 1. The quantitative estimate of drug-likeness (QED) is 0.521. The number of carbonyl (C=O) groups is 2. The lowest BCUT2D eigenvalue weighted by molar-refractivity contribution is -0.119. The average molecular weight is 401 g/mol. The van der Waals surface area contributed by atoms with E-state index in [1.165, 1.54) is 36.4 Å². The molecule has 0 atom stereocenters. The predicted molar refractivity (Wildman–Crippen MR) is 104 cm³/mol. The summed E-state index contributed by atoms with van der Waals surface area (Å²) in [4.78, 5) is 23.2. The number of benzene rings is 2. The number of carbonyl (C=O) groups excluding carboxylic acids is 2. The number of amides is 3. The van der Waals surface area contributed by atoms with Gasteiger partial charge in [-0.05, 0) is 43.3 Å². The van der Waals surface area contributed by atoms with Crippen LogP contribution in [0.4, 0.5) is 16.2 Å². The number of sulfonamides is 1. The summed E-state index contributed by atoms with van der Waals surface area (Å²) >= 11 is 0. The van der Waals surface area contributed by atoms with Crippen LogP contribution in [-0.4, -0.2) is 33.4 Å². The molecule has 10 heteroatoms. The van der Waals surface area contributed by atoms with E-state index in [0.717, 1.165) is 5.56 Å². The first-order chi connectivity index (χ1) is 13.3. The van der Waals surface area contributed by atoms with Crippen LogP contribution in [0.5, 0.6) is 0 Å². The monoisotopic (exact) mass is 401 g/mol. The van der Waals surface area contributed by atoms with E-state index in [4.69, 9.17) is 5.26 Å². The summed E-state index contributed by atoms with van der Waals surface area (Å²) in [5, 5.41) is 15.5. The molecule has 4 N–H and O–H groups in total. The van der Waals surface area contributed by atoms with E-state index in [2.05, 4.69) is 20.7 Å². The van der Waals surface area contributed by atoms with E-state index in [1.807, 2.05) is 6.92 Å². The second-order valence-electron chi connectivity index (χ2n) is 5.74. The Hall–Kier alpha value is -3.58. The third-order valence-corrected chi connectivity index (χ3v) is 4.90. The van der Waals surface area contributed by atoms with Crippen molar-refractivity contribution < 1.29 is 18.0 Å². The zero-order chi connectivity index (χ0) is 20.6. The van der Waals surface area contributed by atoms with Gasteiger partial charge in [0.15, 0.2) is 0 Å². The van der Waals surface area contributed by atoms with Crippen molar-refractivity contribution in [3.63, 3.8) is 0 Å². The van der Waals surface area contributed by atoms with Crippen LogP contribution in [0.15, 0.2) is 53.4 Å². The molecule has 2 aromatic rings. The normalized spacial score (nSPS) is 10.4. The minimum Gasteiger partial charge on any atom is -0.341 e. The van der Waals surface area contributed by atoms with Crippen LogP contribution >= 0.6 is 0 Å². The van der Waals surface area contributed by atoms with E-state index in [9.17, 15) is 18.0 Å². The summed E-state index contributed by atoms with van der Waals surface area (Å²) < 4.78 is 27.2. The Balaban J connectivity index is 1.91. The van der Waals surface area contributed by atoms with Crippen molar-refractivity contribution in [2.24, 2.45) is 0 Å². The lowest BCUT2D eigenvalue weighted by Crippen LogP contribution is -2.39. The lowest BCUT2D eigenvalue weighted by Gasteiger charge is -2.10. The Labute approximate surface area is 162 Å².